The van der Waals surface area contributed by atoms with Crippen molar-refractivity contribution in [2.45, 2.75) is 19.6 Å². The van der Waals surface area contributed by atoms with Gasteiger partial charge in [0.25, 0.3) is 5.56 Å². The van der Waals surface area contributed by atoms with Crippen LogP contribution in [0.2, 0.25) is 0 Å². The van der Waals surface area contributed by atoms with Gasteiger partial charge in [-0.3, -0.25) is 9.59 Å². The molecule has 3 rings (SSSR count). The van der Waals surface area contributed by atoms with Gasteiger partial charge >= 0.3 is 0 Å². The lowest BCUT2D eigenvalue weighted by atomic mass is 10.2. The minimum Gasteiger partial charge on any atom is -0.491 e. The first-order valence-electron chi connectivity index (χ1n) is 8.11. The van der Waals surface area contributed by atoms with Crippen LogP contribution >= 0.6 is 11.3 Å². The normalized spacial score (nSPS) is 10.5. The van der Waals surface area contributed by atoms with E-state index in [1.165, 1.54) is 23.0 Å². The van der Waals surface area contributed by atoms with Gasteiger partial charge in [-0.05, 0) is 17.7 Å². The van der Waals surface area contributed by atoms with E-state index < -0.39 is 0 Å². The van der Waals surface area contributed by atoms with Crippen LogP contribution in [0.1, 0.15) is 10.6 Å². The summed E-state index contributed by atoms with van der Waals surface area (Å²) in [5, 5.41) is 2.74. The molecule has 0 unspecified atom stereocenters. The Morgan fingerprint density at radius 1 is 1.19 bits per heavy atom. The first-order valence-corrected chi connectivity index (χ1v) is 8.99. The Bertz CT molecular complexity index is 907. The standard InChI is InChI=1S/C19H19N3O3S/c1-25-16-8-5-10-21(19(16)24)14-18(23)22(13-17-20-9-11-26-17)12-15-6-3-2-4-7-15/h2-11H,12-14H2,1H3. The van der Waals surface area contributed by atoms with E-state index in [4.69, 9.17) is 4.74 Å². The molecule has 2 aromatic heterocycles. The van der Waals surface area contributed by atoms with Gasteiger partial charge in [-0.15, -0.1) is 11.3 Å². The molecule has 0 fully saturated rings. The summed E-state index contributed by atoms with van der Waals surface area (Å²) >= 11 is 1.50. The van der Waals surface area contributed by atoms with Crippen molar-refractivity contribution < 1.29 is 9.53 Å². The van der Waals surface area contributed by atoms with E-state index in [0.29, 0.717) is 13.1 Å². The van der Waals surface area contributed by atoms with Crippen LogP contribution in [0.3, 0.4) is 0 Å². The third kappa shape index (κ3) is 4.37. The Balaban J connectivity index is 1.81. The SMILES string of the molecule is COc1cccn(CC(=O)N(Cc2ccccc2)Cc2nccs2)c1=O. The molecule has 0 atom stereocenters. The molecule has 3 aromatic rings. The van der Waals surface area contributed by atoms with Crippen LogP contribution in [0.5, 0.6) is 5.75 Å². The summed E-state index contributed by atoms with van der Waals surface area (Å²) in [5.74, 6) is 0.0641. The van der Waals surface area contributed by atoms with Crippen LogP contribution in [0.15, 0.2) is 65.0 Å². The number of methoxy groups -OCH3 is 1. The maximum atomic E-state index is 12.9. The zero-order chi connectivity index (χ0) is 18.4. The maximum Gasteiger partial charge on any atom is 0.293 e. The fraction of sp³-hybridized carbons (Fsp3) is 0.211. The minimum atomic E-state index is -0.322. The summed E-state index contributed by atoms with van der Waals surface area (Å²) in [4.78, 5) is 31.2. The topological polar surface area (TPSA) is 64.4 Å². The molecule has 0 aliphatic heterocycles. The molecule has 1 aromatic carbocycles. The van der Waals surface area contributed by atoms with Crippen LogP contribution in [0.25, 0.3) is 0 Å². The number of ether oxygens (including phenoxy) is 1. The van der Waals surface area contributed by atoms with E-state index in [-0.39, 0.29) is 23.8 Å². The molecule has 0 N–H and O–H groups in total. The second-order valence-electron chi connectivity index (χ2n) is 5.67. The Labute approximate surface area is 155 Å². The van der Waals surface area contributed by atoms with E-state index in [1.807, 2.05) is 35.7 Å². The van der Waals surface area contributed by atoms with Gasteiger partial charge < -0.3 is 14.2 Å². The fourth-order valence-corrected chi connectivity index (χ4v) is 3.20. The molecule has 0 spiro atoms. The van der Waals surface area contributed by atoms with Crippen molar-refractivity contribution in [3.05, 3.63) is 81.2 Å². The number of carbonyl (C=O) groups is 1. The largest absolute Gasteiger partial charge is 0.491 e. The summed E-state index contributed by atoms with van der Waals surface area (Å²) < 4.78 is 6.40. The van der Waals surface area contributed by atoms with Gasteiger partial charge in [-0.1, -0.05) is 30.3 Å². The van der Waals surface area contributed by atoms with E-state index in [1.54, 1.807) is 29.4 Å². The molecular weight excluding hydrogens is 350 g/mol. The predicted octanol–water partition coefficient (Wildman–Crippen LogP) is 2.54. The number of carbonyl (C=O) groups excluding carboxylic acids is 1. The Kier molecular flexibility index (Phi) is 5.80. The number of pyridine rings is 1. The van der Waals surface area contributed by atoms with Gasteiger partial charge in [0.05, 0.1) is 13.7 Å². The average Bonchev–Trinajstić information content (AvgIpc) is 3.17. The Hall–Kier alpha value is -2.93. The van der Waals surface area contributed by atoms with Crippen molar-refractivity contribution in [2.75, 3.05) is 7.11 Å². The molecule has 0 bridgehead atoms. The summed E-state index contributed by atoms with van der Waals surface area (Å²) in [5.41, 5.74) is 0.702. The summed E-state index contributed by atoms with van der Waals surface area (Å²) in [6, 6.07) is 13.0. The zero-order valence-corrected chi connectivity index (χ0v) is 15.2. The smallest absolute Gasteiger partial charge is 0.293 e. The van der Waals surface area contributed by atoms with Crippen molar-refractivity contribution in [1.29, 1.82) is 0 Å². The number of nitrogens with zero attached hydrogens (tertiary/aromatic N) is 3. The highest BCUT2D eigenvalue weighted by Crippen LogP contribution is 2.13. The number of hydrogen-bond donors (Lipinski definition) is 0. The predicted molar refractivity (Wildman–Crippen MR) is 100 cm³/mol. The first kappa shape index (κ1) is 17.9. The molecule has 26 heavy (non-hydrogen) atoms. The van der Waals surface area contributed by atoms with Crippen LogP contribution < -0.4 is 10.3 Å². The van der Waals surface area contributed by atoms with Gasteiger partial charge in [-0.25, -0.2) is 4.98 Å². The molecule has 0 aliphatic rings. The maximum absolute atomic E-state index is 12.9. The molecule has 134 valence electrons. The molecular formula is C19H19N3O3S. The first-order chi connectivity index (χ1) is 12.7. The third-order valence-electron chi connectivity index (χ3n) is 3.89. The molecule has 0 saturated carbocycles. The van der Waals surface area contributed by atoms with Crippen LogP contribution in [0.4, 0.5) is 0 Å². The Morgan fingerprint density at radius 3 is 2.69 bits per heavy atom. The number of rotatable bonds is 7. The molecule has 7 heteroatoms. The van der Waals surface area contributed by atoms with E-state index in [2.05, 4.69) is 4.98 Å². The van der Waals surface area contributed by atoms with E-state index in [9.17, 15) is 9.59 Å². The second-order valence-corrected chi connectivity index (χ2v) is 6.65. The lowest BCUT2D eigenvalue weighted by Crippen LogP contribution is -2.35. The van der Waals surface area contributed by atoms with Crippen molar-refractivity contribution >= 4 is 17.2 Å². The van der Waals surface area contributed by atoms with Crippen molar-refractivity contribution in [3.8, 4) is 5.75 Å². The van der Waals surface area contributed by atoms with Crippen LogP contribution in [-0.2, 0) is 24.4 Å². The van der Waals surface area contributed by atoms with Crippen molar-refractivity contribution in [2.24, 2.45) is 0 Å². The lowest BCUT2D eigenvalue weighted by Gasteiger charge is -2.22. The average molecular weight is 369 g/mol. The van der Waals surface area contributed by atoms with Gasteiger partial charge in [0.15, 0.2) is 5.75 Å². The van der Waals surface area contributed by atoms with Crippen LogP contribution in [0, 0.1) is 0 Å². The highest BCUT2D eigenvalue weighted by molar-refractivity contribution is 7.09. The monoisotopic (exact) mass is 369 g/mol. The molecule has 0 radical (unpaired) electrons. The number of thiazole rings is 1. The summed E-state index contributed by atoms with van der Waals surface area (Å²) in [6.07, 6.45) is 3.31. The molecule has 2 heterocycles. The zero-order valence-electron chi connectivity index (χ0n) is 14.4. The number of aromatic nitrogens is 2. The van der Waals surface area contributed by atoms with Gasteiger partial charge in [0.2, 0.25) is 5.91 Å². The van der Waals surface area contributed by atoms with Crippen LogP contribution in [-0.4, -0.2) is 27.5 Å². The second kappa shape index (κ2) is 8.44. The summed E-state index contributed by atoms with van der Waals surface area (Å²) in [6.45, 7) is 0.816. The quantitative estimate of drug-likeness (QED) is 0.642. The fourth-order valence-electron chi connectivity index (χ4n) is 2.57. The Morgan fingerprint density at radius 2 is 2.00 bits per heavy atom. The third-order valence-corrected chi connectivity index (χ3v) is 4.65. The summed E-state index contributed by atoms with van der Waals surface area (Å²) in [7, 11) is 1.44. The van der Waals surface area contributed by atoms with Gasteiger partial charge in [-0.2, -0.15) is 0 Å². The van der Waals surface area contributed by atoms with Crippen molar-refractivity contribution in [1.82, 2.24) is 14.5 Å². The van der Waals surface area contributed by atoms with Gasteiger partial charge in [0, 0.05) is 24.3 Å². The van der Waals surface area contributed by atoms with Crippen molar-refractivity contribution in [3.63, 3.8) is 0 Å². The molecule has 0 saturated heterocycles. The lowest BCUT2D eigenvalue weighted by molar-refractivity contribution is -0.133. The minimum absolute atomic E-state index is 0.0474. The molecule has 6 nitrogen and oxygen atoms in total. The highest BCUT2D eigenvalue weighted by Gasteiger charge is 2.17. The molecule has 1 amide bonds. The number of benzene rings is 1. The van der Waals surface area contributed by atoms with Gasteiger partial charge in [0.1, 0.15) is 11.6 Å². The number of hydrogen-bond acceptors (Lipinski definition) is 5. The van der Waals surface area contributed by atoms with E-state index >= 15 is 0 Å². The highest BCUT2D eigenvalue weighted by atomic mass is 32.1. The van der Waals surface area contributed by atoms with E-state index in [0.717, 1.165) is 10.6 Å². The molecule has 0 aliphatic carbocycles. The number of amides is 1.